The van der Waals surface area contributed by atoms with Gasteiger partial charge in [0, 0.05) is 25.9 Å². The average molecular weight is 223 g/mol. The molecule has 0 aliphatic carbocycles. The second-order valence-corrected chi connectivity index (χ2v) is 3.42. The molecule has 0 aromatic carbocycles. The van der Waals surface area contributed by atoms with Crippen LogP contribution in [0.1, 0.15) is 12.5 Å². The molecule has 0 radical (unpaired) electrons. The maximum atomic E-state index is 11.2. The van der Waals surface area contributed by atoms with E-state index in [0.717, 1.165) is 5.56 Å². The lowest BCUT2D eigenvalue weighted by atomic mass is 10.2. The van der Waals surface area contributed by atoms with Crippen molar-refractivity contribution in [2.75, 3.05) is 14.2 Å². The SMILES string of the molecule is CNC(=O)C(C)NCc1ccnc(OC)c1. The summed E-state index contributed by atoms with van der Waals surface area (Å²) in [6.45, 7) is 2.42. The number of hydrogen-bond donors (Lipinski definition) is 2. The minimum atomic E-state index is -0.218. The summed E-state index contributed by atoms with van der Waals surface area (Å²) in [6.07, 6.45) is 1.68. The molecule has 1 unspecified atom stereocenters. The molecule has 0 spiro atoms. The van der Waals surface area contributed by atoms with E-state index in [1.54, 1.807) is 20.4 Å². The molecule has 0 saturated heterocycles. The fourth-order valence-electron chi connectivity index (χ4n) is 1.25. The van der Waals surface area contributed by atoms with Crippen LogP contribution in [-0.2, 0) is 11.3 Å². The predicted octanol–water partition coefficient (Wildman–Crippen LogP) is 0.314. The number of carbonyl (C=O) groups excluding carboxylic acids is 1. The van der Waals surface area contributed by atoms with Gasteiger partial charge >= 0.3 is 0 Å². The molecule has 16 heavy (non-hydrogen) atoms. The van der Waals surface area contributed by atoms with E-state index in [9.17, 15) is 4.79 Å². The third kappa shape index (κ3) is 3.51. The van der Waals surface area contributed by atoms with Crippen molar-refractivity contribution in [3.05, 3.63) is 23.9 Å². The summed E-state index contributed by atoms with van der Waals surface area (Å²) < 4.78 is 5.01. The Balaban J connectivity index is 2.51. The fourth-order valence-corrected chi connectivity index (χ4v) is 1.25. The second kappa shape index (κ2) is 6.07. The summed E-state index contributed by atoms with van der Waals surface area (Å²) in [5.41, 5.74) is 1.03. The number of ether oxygens (including phenoxy) is 1. The van der Waals surface area contributed by atoms with Gasteiger partial charge in [-0.1, -0.05) is 0 Å². The topological polar surface area (TPSA) is 63.2 Å². The first-order valence-electron chi connectivity index (χ1n) is 5.11. The normalized spacial score (nSPS) is 11.9. The molecule has 1 atom stereocenters. The Labute approximate surface area is 95.2 Å². The number of pyridine rings is 1. The van der Waals surface area contributed by atoms with Gasteiger partial charge in [-0.25, -0.2) is 4.98 Å². The molecule has 5 heteroatoms. The van der Waals surface area contributed by atoms with Gasteiger partial charge in [0.2, 0.25) is 11.8 Å². The lowest BCUT2D eigenvalue weighted by Gasteiger charge is -2.12. The van der Waals surface area contributed by atoms with Crippen LogP contribution in [-0.4, -0.2) is 31.1 Å². The summed E-state index contributed by atoms with van der Waals surface area (Å²) in [7, 11) is 3.20. The molecule has 0 aliphatic heterocycles. The highest BCUT2D eigenvalue weighted by Gasteiger charge is 2.09. The second-order valence-electron chi connectivity index (χ2n) is 3.42. The van der Waals surface area contributed by atoms with Crippen LogP contribution in [0.3, 0.4) is 0 Å². The summed E-state index contributed by atoms with van der Waals surface area (Å²) in [4.78, 5) is 15.3. The van der Waals surface area contributed by atoms with Gasteiger partial charge in [-0.2, -0.15) is 0 Å². The highest BCUT2D eigenvalue weighted by molar-refractivity contribution is 5.80. The zero-order chi connectivity index (χ0) is 12.0. The Bertz CT molecular complexity index is 355. The van der Waals surface area contributed by atoms with E-state index >= 15 is 0 Å². The van der Waals surface area contributed by atoms with Crippen LogP contribution in [0, 0.1) is 0 Å². The van der Waals surface area contributed by atoms with Crippen molar-refractivity contribution >= 4 is 5.91 Å². The van der Waals surface area contributed by atoms with Gasteiger partial charge in [0.15, 0.2) is 0 Å². The van der Waals surface area contributed by atoms with Crippen molar-refractivity contribution < 1.29 is 9.53 Å². The third-order valence-electron chi connectivity index (χ3n) is 2.26. The number of carbonyl (C=O) groups is 1. The van der Waals surface area contributed by atoms with Crippen LogP contribution in [0.15, 0.2) is 18.3 Å². The van der Waals surface area contributed by atoms with Gasteiger partial charge in [0.1, 0.15) is 0 Å². The Morgan fingerprint density at radius 3 is 3.00 bits per heavy atom. The molecule has 1 aromatic rings. The number of aromatic nitrogens is 1. The van der Waals surface area contributed by atoms with Crippen LogP contribution in [0.2, 0.25) is 0 Å². The van der Waals surface area contributed by atoms with Gasteiger partial charge in [-0.05, 0) is 18.6 Å². The molecular formula is C11H17N3O2. The molecule has 1 heterocycles. The van der Waals surface area contributed by atoms with Gasteiger partial charge in [0.05, 0.1) is 13.2 Å². The van der Waals surface area contributed by atoms with Crippen LogP contribution in [0.25, 0.3) is 0 Å². The maximum absolute atomic E-state index is 11.2. The van der Waals surface area contributed by atoms with E-state index in [1.807, 2.05) is 19.1 Å². The summed E-state index contributed by atoms with van der Waals surface area (Å²) in [5.74, 6) is 0.549. The van der Waals surface area contributed by atoms with E-state index in [-0.39, 0.29) is 11.9 Å². The van der Waals surface area contributed by atoms with Crippen LogP contribution >= 0.6 is 0 Å². The number of amides is 1. The van der Waals surface area contributed by atoms with E-state index in [4.69, 9.17) is 4.74 Å². The highest BCUT2D eigenvalue weighted by Crippen LogP contribution is 2.08. The number of likely N-dealkylation sites (N-methyl/N-ethyl adjacent to an activating group) is 1. The van der Waals surface area contributed by atoms with Crippen molar-refractivity contribution in [3.8, 4) is 5.88 Å². The number of hydrogen-bond acceptors (Lipinski definition) is 4. The van der Waals surface area contributed by atoms with Gasteiger partial charge in [0.25, 0.3) is 0 Å². The number of nitrogens with zero attached hydrogens (tertiary/aromatic N) is 1. The molecule has 1 amide bonds. The highest BCUT2D eigenvalue weighted by atomic mass is 16.5. The zero-order valence-electron chi connectivity index (χ0n) is 9.78. The largest absolute Gasteiger partial charge is 0.481 e. The quantitative estimate of drug-likeness (QED) is 0.754. The standard InChI is InChI=1S/C11H17N3O2/c1-8(11(15)12-2)14-7-9-4-5-13-10(6-9)16-3/h4-6,8,14H,7H2,1-3H3,(H,12,15). The monoisotopic (exact) mass is 223 g/mol. The lowest BCUT2D eigenvalue weighted by Crippen LogP contribution is -2.40. The molecule has 0 saturated carbocycles. The Kier molecular flexibility index (Phi) is 4.72. The molecule has 5 nitrogen and oxygen atoms in total. The molecule has 1 aromatic heterocycles. The predicted molar refractivity (Wildman–Crippen MR) is 61.2 cm³/mol. The minimum absolute atomic E-state index is 0.0268. The Morgan fingerprint density at radius 1 is 1.62 bits per heavy atom. The van der Waals surface area contributed by atoms with Crippen molar-refractivity contribution in [1.29, 1.82) is 0 Å². The third-order valence-corrected chi connectivity index (χ3v) is 2.26. The van der Waals surface area contributed by atoms with Crippen molar-refractivity contribution in [3.63, 3.8) is 0 Å². The van der Waals surface area contributed by atoms with Gasteiger partial charge in [-0.15, -0.1) is 0 Å². The summed E-state index contributed by atoms with van der Waals surface area (Å²) >= 11 is 0. The first kappa shape index (κ1) is 12.4. The van der Waals surface area contributed by atoms with Crippen molar-refractivity contribution in [2.45, 2.75) is 19.5 Å². The molecule has 0 aliphatic rings. The molecular weight excluding hydrogens is 206 g/mol. The Morgan fingerprint density at radius 2 is 2.38 bits per heavy atom. The average Bonchev–Trinajstić information content (AvgIpc) is 2.35. The van der Waals surface area contributed by atoms with E-state index in [2.05, 4.69) is 15.6 Å². The number of rotatable bonds is 5. The first-order chi connectivity index (χ1) is 7.67. The van der Waals surface area contributed by atoms with Crippen LogP contribution < -0.4 is 15.4 Å². The van der Waals surface area contributed by atoms with Gasteiger partial charge < -0.3 is 15.4 Å². The smallest absolute Gasteiger partial charge is 0.236 e. The fraction of sp³-hybridized carbons (Fsp3) is 0.455. The van der Waals surface area contributed by atoms with Crippen LogP contribution in [0.4, 0.5) is 0 Å². The maximum Gasteiger partial charge on any atom is 0.236 e. The van der Waals surface area contributed by atoms with E-state index < -0.39 is 0 Å². The number of methoxy groups -OCH3 is 1. The molecule has 88 valence electrons. The van der Waals surface area contributed by atoms with E-state index in [1.165, 1.54) is 0 Å². The molecule has 2 N–H and O–H groups in total. The minimum Gasteiger partial charge on any atom is -0.481 e. The zero-order valence-corrected chi connectivity index (χ0v) is 9.78. The van der Waals surface area contributed by atoms with Gasteiger partial charge in [-0.3, -0.25) is 4.79 Å². The van der Waals surface area contributed by atoms with Crippen LogP contribution in [0.5, 0.6) is 5.88 Å². The summed E-state index contributed by atoms with van der Waals surface area (Å²) in [5, 5.41) is 5.69. The van der Waals surface area contributed by atoms with Crippen molar-refractivity contribution in [2.24, 2.45) is 0 Å². The number of nitrogens with one attached hydrogen (secondary N) is 2. The first-order valence-corrected chi connectivity index (χ1v) is 5.11. The Hall–Kier alpha value is -1.62. The lowest BCUT2D eigenvalue weighted by molar-refractivity contribution is -0.122. The van der Waals surface area contributed by atoms with E-state index in [0.29, 0.717) is 12.4 Å². The molecule has 0 fully saturated rings. The summed E-state index contributed by atoms with van der Waals surface area (Å²) in [6, 6.07) is 3.50. The van der Waals surface area contributed by atoms with Crippen molar-refractivity contribution in [1.82, 2.24) is 15.6 Å². The molecule has 0 bridgehead atoms. The molecule has 1 rings (SSSR count).